The molecule has 0 saturated heterocycles. The van der Waals surface area contributed by atoms with Crippen molar-refractivity contribution in [2.45, 2.75) is 19.6 Å². The van der Waals surface area contributed by atoms with Crippen molar-refractivity contribution in [2.24, 2.45) is 5.73 Å². The fourth-order valence-electron chi connectivity index (χ4n) is 1.08. The fourth-order valence-corrected chi connectivity index (χ4v) is 1.08. The fraction of sp³-hybridized carbons (Fsp3) is 0.375. The van der Waals surface area contributed by atoms with Crippen LogP contribution in [-0.4, -0.2) is 10.1 Å². The summed E-state index contributed by atoms with van der Waals surface area (Å²) in [6, 6.07) is 0. The molecule has 0 bridgehead atoms. The van der Waals surface area contributed by atoms with Gasteiger partial charge in [0.1, 0.15) is 0 Å². The van der Waals surface area contributed by atoms with Crippen LogP contribution in [0.5, 0.6) is 0 Å². The van der Waals surface area contributed by atoms with Crippen molar-refractivity contribution in [1.82, 2.24) is 4.98 Å². The molecule has 0 saturated carbocycles. The van der Waals surface area contributed by atoms with Crippen molar-refractivity contribution < 1.29 is 18.3 Å². The highest BCUT2D eigenvalue weighted by atomic mass is 19.3. The van der Waals surface area contributed by atoms with Crippen LogP contribution in [0, 0.1) is 5.82 Å². The molecule has 1 aromatic heterocycles. The molecular formula is C8H9F3N2O. The van der Waals surface area contributed by atoms with Gasteiger partial charge in [-0.1, -0.05) is 0 Å². The number of aliphatic hydroxyl groups is 1. The minimum atomic E-state index is -2.98. The third-order valence-electron chi connectivity index (χ3n) is 1.79. The average Bonchev–Trinajstić information content (AvgIpc) is 2.16. The van der Waals surface area contributed by atoms with Gasteiger partial charge in [-0.2, -0.15) is 0 Å². The first-order chi connectivity index (χ1) is 6.61. The molecule has 1 rings (SSSR count). The van der Waals surface area contributed by atoms with E-state index in [-0.39, 0.29) is 17.8 Å². The Labute approximate surface area is 78.4 Å². The lowest BCUT2D eigenvalue weighted by molar-refractivity contribution is 0.141. The Morgan fingerprint density at radius 2 is 2.14 bits per heavy atom. The Morgan fingerprint density at radius 1 is 1.50 bits per heavy atom. The van der Waals surface area contributed by atoms with Crippen molar-refractivity contribution in [1.29, 1.82) is 0 Å². The monoisotopic (exact) mass is 206 g/mol. The molecule has 0 aliphatic rings. The number of halogens is 3. The smallest absolute Gasteiger partial charge is 0.267 e. The molecule has 1 heterocycles. The molecule has 0 fully saturated rings. The summed E-state index contributed by atoms with van der Waals surface area (Å²) in [5.41, 5.74) is 3.85. The number of nitrogens with zero attached hydrogens (tertiary/aromatic N) is 1. The Balaban J connectivity index is 3.31. The summed E-state index contributed by atoms with van der Waals surface area (Å²) >= 11 is 0. The van der Waals surface area contributed by atoms with E-state index in [9.17, 15) is 13.2 Å². The number of rotatable bonds is 3. The van der Waals surface area contributed by atoms with Crippen LogP contribution in [0.2, 0.25) is 0 Å². The van der Waals surface area contributed by atoms with Gasteiger partial charge in [0.2, 0.25) is 0 Å². The lowest BCUT2D eigenvalue weighted by atomic mass is 10.1. The predicted molar refractivity (Wildman–Crippen MR) is 43.0 cm³/mol. The summed E-state index contributed by atoms with van der Waals surface area (Å²) in [6.45, 7) is -0.925. The first-order valence-corrected chi connectivity index (χ1v) is 3.87. The van der Waals surface area contributed by atoms with Crippen molar-refractivity contribution >= 4 is 0 Å². The van der Waals surface area contributed by atoms with E-state index >= 15 is 0 Å². The zero-order chi connectivity index (χ0) is 10.7. The Hall–Kier alpha value is -1.14. The number of hydrogen-bond acceptors (Lipinski definition) is 3. The summed E-state index contributed by atoms with van der Waals surface area (Å²) in [7, 11) is 0. The summed E-state index contributed by atoms with van der Waals surface area (Å²) in [6.07, 6.45) is -1.97. The van der Waals surface area contributed by atoms with Crippen LogP contribution in [0.4, 0.5) is 13.2 Å². The molecule has 3 N–H and O–H groups in total. The topological polar surface area (TPSA) is 59.1 Å². The van der Waals surface area contributed by atoms with Gasteiger partial charge in [-0.3, -0.25) is 4.98 Å². The molecule has 0 aliphatic carbocycles. The quantitative estimate of drug-likeness (QED) is 0.778. The van der Waals surface area contributed by atoms with E-state index < -0.39 is 24.4 Å². The van der Waals surface area contributed by atoms with E-state index in [0.717, 1.165) is 6.20 Å². The number of hydrogen-bond donors (Lipinski definition) is 2. The van der Waals surface area contributed by atoms with Crippen LogP contribution >= 0.6 is 0 Å². The zero-order valence-corrected chi connectivity index (χ0v) is 7.17. The Bertz CT molecular complexity index is 331. The number of aliphatic hydroxyl groups excluding tert-OH is 1. The van der Waals surface area contributed by atoms with E-state index in [2.05, 4.69) is 4.98 Å². The maximum Gasteiger partial charge on any atom is 0.267 e. The molecule has 0 amide bonds. The molecule has 6 heteroatoms. The van der Waals surface area contributed by atoms with Crippen LogP contribution in [0.15, 0.2) is 6.20 Å². The largest absolute Gasteiger partial charge is 0.392 e. The maximum absolute atomic E-state index is 13.2. The molecule has 0 spiro atoms. The van der Waals surface area contributed by atoms with Crippen LogP contribution < -0.4 is 5.73 Å². The minimum absolute atomic E-state index is 0.213. The van der Waals surface area contributed by atoms with Crippen molar-refractivity contribution in [3.05, 3.63) is 28.8 Å². The predicted octanol–water partition coefficient (Wildman–Crippen LogP) is 1.11. The van der Waals surface area contributed by atoms with Gasteiger partial charge in [0.25, 0.3) is 6.43 Å². The first-order valence-electron chi connectivity index (χ1n) is 3.87. The van der Waals surface area contributed by atoms with Crippen molar-refractivity contribution in [3.8, 4) is 0 Å². The van der Waals surface area contributed by atoms with Gasteiger partial charge < -0.3 is 10.8 Å². The van der Waals surface area contributed by atoms with Gasteiger partial charge in [-0.05, 0) is 0 Å². The minimum Gasteiger partial charge on any atom is -0.392 e. The van der Waals surface area contributed by atoms with E-state index in [4.69, 9.17) is 10.8 Å². The van der Waals surface area contributed by atoms with Gasteiger partial charge in [-0.15, -0.1) is 0 Å². The molecule has 0 radical (unpaired) electrons. The molecule has 0 aliphatic heterocycles. The lowest BCUT2D eigenvalue weighted by Gasteiger charge is -2.09. The van der Waals surface area contributed by atoms with Gasteiger partial charge >= 0.3 is 0 Å². The van der Waals surface area contributed by atoms with Crippen LogP contribution in [0.1, 0.15) is 23.2 Å². The van der Waals surface area contributed by atoms with E-state index in [0.29, 0.717) is 0 Å². The van der Waals surface area contributed by atoms with Gasteiger partial charge in [0.15, 0.2) is 5.82 Å². The molecule has 1 aromatic rings. The van der Waals surface area contributed by atoms with Crippen molar-refractivity contribution in [2.75, 3.05) is 0 Å². The highest BCUT2D eigenvalue weighted by molar-refractivity contribution is 5.29. The highest BCUT2D eigenvalue weighted by Crippen LogP contribution is 2.26. The number of alkyl halides is 2. The zero-order valence-electron chi connectivity index (χ0n) is 7.17. The summed E-state index contributed by atoms with van der Waals surface area (Å²) < 4.78 is 38.0. The average molecular weight is 206 g/mol. The van der Waals surface area contributed by atoms with Crippen LogP contribution in [0.3, 0.4) is 0 Å². The molecule has 0 unspecified atom stereocenters. The summed E-state index contributed by atoms with van der Waals surface area (Å²) in [5, 5.41) is 8.68. The molecule has 0 aromatic carbocycles. The summed E-state index contributed by atoms with van der Waals surface area (Å²) in [4.78, 5) is 3.52. The van der Waals surface area contributed by atoms with Crippen LogP contribution in [-0.2, 0) is 13.2 Å². The Morgan fingerprint density at radius 3 is 2.57 bits per heavy atom. The van der Waals surface area contributed by atoms with Gasteiger partial charge in [0, 0.05) is 18.3 Å². The van der Waals surface area contributed by atoms with E-state index in [1.165, 1.54) is 0 Å². The summed E-state index contributed by atoms with van der Waals surface area (Å²) in [5.74, 6) is -1.13. The molecule has 0 atom stereocenters. The molecule has 14 heavy (non-hydrogen) atoms. The first kappa shape index (κ1) is 10.9. The lowest BCUT2D eigenvalue weighted by Crippen LogP contribution is -2.09. The van der Waals surface area contributed by atoms with Gasteiger partial charge in [-0.25, -0.2) is 13.2 Å². The normalized spacial score (nSPS) is 11.0. The second kappa shape index (κ2) is 4.39. The maximum atomic E-state index is 13.2. The second-order valence-corrected chi connectivity index (χ2v) is 2.62. The number of aromatic nitrogens is 1. The third-order valence-corrected chi connectivity index (χ3v) is 1.79. The number of pyridine rings is 1. The number of nitrogens with two attached hydrogens (primary N) is 1. The SMILES string of the molecule is NCc1ncc(CO)c(C(F)F)c1F. The van der Waals surface area contributed by atoms with Crippen molar-refractivity contribution in [3.63, 3.8) is 0 Å². The highest BCUT2D eigenvalue weighted by Gasteiger charge is 2.21. The van der Waals surface area contributed by atoms with E-state index in [1.807, 2.05) is 0 Å². The van der Waals surface area contributed by atoms with Crippen LogP contribution in [0.25, 0.3) is 0 Å². The molecule has 3 nitrogen and oxygen atoms in total. The third kappa shape index (κ3) is 1.85. The standard InChI is InChI=1S/C8H9F3N2O/c9-7-5(1-12)13-2-4(3-14)6(7)8(10)11/h2,8,14H,1,3,12H2. The second-order valence-electron chi connectivity index (χ2n) is 2.62. The Kier molecular flexibility index (Phi) is 3.43. The van der Waals surface area contributed by atoms with E-state index in [1.54, 1.807) is 0 Å². The molecule has 78 valence electrons. The molecular weight excluding hydrogens is 197 g/mol. The van der Waals surface area contributed by atoms with Gasteiger partial charge in [0.05, 0.1) is 17.9 Å².